The molecule has 0 unspecified atom stereocenters. The first kappa shape index (κ1) is 22.8. The number of hydrogen-bond donors (Lipinski definition) is 1. The molecular weight excluding hydrogens is 419 g/mol. The zero-order valence-electron chi connectivity index (χ0n) is 18.8. The fraction of sp³-hybridized carbons (Fsp3) is 0.565. The van der Waals surface area contributed by atoms with E-state index < -0.39 is 17.5 Å². The molecule has 1 fully saturated rings. The lowest BCUT2D eigenvalue weighted by Gasteiger charge is -2.39. The van der Waals surface area contributed by atoms with Gasteiger partial charge < -0.3 is 9.67 Å². The van der Waals surface area contributed by atoms with E-state index in [1.807, 2.05) is 11.6 Å². The van der Waals surface area contributed by atoms with Crippen LogP contribution in [0.25, 0.3) is 11.0 Å². The molecule has 32 heavy (non-hydrogen) atoms. The quantitative estimate of drug-likeness (QED) is 0.610. The number of rotatable bonds is 6. The molecule has 6 nitrogen and oxygen atoms in total. The van der Waals surface area contributed by atoms with Crippen LogP contribution in [0, 0.1) is 13.8 Å². The van der Waals surface area contributed by atoms with E-state index in [1.54, 1.807) is 12.1 Å². The normalized spacial score (nSPS) is 17.3. The predicted molar refractivity (Wildman–Crippen MR) is 116 cm³/mol. The maximum Gasteiger partial charge on any atom is 0.431 e. The Balaban J connectivity index is 1.49. The molecule has 3 aromatic heterocycles. The average molecular weight is 450 g/mol. The van der Waals surface area contributed by atoms with E-state index in [0.717, 1.165) is 41.5 Å². The van der Waals surface area contributed by atoms with Gasteiger partial charge in [-0.15, -0.1) is 0 Å². The number of pyridine rings is 1. The monoisotopic (exact) mass is 449 g/mol. The number of aliphatic hydroxyl groups is 1. The summed E-state index contributed by atoms with van der Waals surface area (Å²) in [5, 5.41) is 16.3. The lowest BCUT2D eigenvalue weighted by atomic mass is 9.90. The van der Waals surface area contributed by atoms with Crippen LogP contribution in [0.4, 0.5) is 13.2 Å². The Labute approximate surface area is 185 Å². The van der Waals surface area contributed by atoms with Gasteiger partial charge in [-0.05, 0) is 51.3 Å². The average Bonchev–Trinajstić information content (AvgIpc) is 3.23. The molecule has 1 saturated heterocycles. The summed E-state index contributed by atoms with van der Waals surface area (Å²) < 4.78 is 44.1. The molecule has 1 aliphatic heterocycles. The third-order valence-corrected chi connectivity index (χ3v) is 6.53. The minimum atomic E-state index is -4.51. The number of likely N-dealkylation sites (tertiary alicyclic amines) is 1. The summed E-state index contributed by atoms with van der Waals surface area (Å²) in [6.07, 6.45) is -1.21. The fourth-order valence-electron chi connectivity index (χ4n) is 4.68. The Morgan fingerprint density at radius 2 is 1.91 bits per heavy atom. The molecular formula is C23H30F3N5O. The summed E-state index contributed by atoms with van der Waals surface area (Å²) in [5.41, 5.74) is 1.64. The molecule has 0 aliphatic carbocycles. The van der Waals surface area contributed by atoms with Crippen molar-refractivity contribution in [2.75, 3.05) is 13.1 Å². The lowest BCUT2D eigenvalue weighted by molar-refractivity contribution is -0.145. The second-order valence-corrected chi connectivity index (χ2v) is 8.90. The molecule has 0 bridgehead atoms. The highest BCUT2D eigenvalue weighted by molar-refractivity contribution is 5.77. The topological polar surface area (TPSA) is 59.1 Å². The Morgan fingerprint density at radius 1 is 1.19 bits per heavy atom. The molecule has 174 valence electrons. The Kier molecular flexibility index (Phi) is 6.06. The van der Waals surface area contributed by atoms with Crippen molar-refractivity contribution in [3.05, 3.63) is 47.0 Å². The van der Waals surface area contributed by atoms with E-state index in [0.29, 0.717) is 31.3 Å². The molecule has 1 aliphatic rings. The highest BCUT2D eigenvalue weighted by Crippen LogP contribution is 2.36. The summed E-state index contributed by atoms with van der Waals surface area (Å²) in [6, 6.07) is 4.34. The van der Waals surface area contributed by atoms with Gasteiger partial charge in [0, 0.05) is 49.0 Å². The zero-order chi connectivity index (χ0) is 23.1. The van der Waals surface area contributed by atoms with Gasteiger partial charge in [0.2, 0.25) is 0 Å². The van der Waals surface area contributed by atoms with E-state index in [4.69, 9.17) is 0 Å². The van der Waals surface area contributed by atoms with Crippen LogP contribution in [0.15, 0.2) is 24.4 Å². The Morgan fingerprint density at radius 3 is 2.56 bits per heavy atom. The van der Waals surface area contributed by atoms with Crippen LogP contribution >= 0.6 is 0 Å². The van der Waals surface area contributed by atoms with Crippen LogP contribution < -0.4 is 0 Å². The fourth-order valence-corrected chi connectivity index (χ4v) is 4.68. The zero-order valence-corrected chi connectivity index (χ0v) is 18.8. The van der Waals surface area contributed by atoms with E-state index >= 15 is 0 Å². The molecule has 0 radical (unpaired) electrons. The molecule has 0 spiro atoms. The first-order chi connectivity index (χ1) is 15.1. The number of fused-ring (bicyclic) bond motifs is 1. The number of nitrogens with zero attached hydrogens (tertiary/aromatic N) is 5. The molecule has 4 heterocycles. The van der Waals surface area contributed by atoms with Gasteiger partial charge in [0.1, 0.15) is 11.3 Å². The second kappa shape index (κ2) is 8.51. The van der Waals surface area contributed by atoms with Crippen molar-refractivity contribution in [3.63, 3.8) is 0 Å². The first-order valence-corrected chi connectivity index (χ1v) is 11.1. The molecule has 1 N–H and O–H groups in total. The van der Waals surface area contributed by atoms with Crippen molar-refractivity contribution in [2.24, 2.45) is 0 Å². The van der Waals surface area contributed by atoms with Crippen LogP contribution in [0.2, 0.25) is 0 Å². The number of halogens is 3. The number of aryl methyl sites for hydroxylation is 2. The summed E-state index contributed by atoms with van der Waals surface area (Å²) in [5.74, 6) is 0. The predicted octanol–water partition coefficient (Wildman–Crippen LogP) is 4.31. The van der Waals surface area contributed by atoms with E-state index in [-0.39, 0.29) is 12.2 Å². The number of hydrogen-bond acceptors (Lipinski definition) is 4. The van der Waals surface area contributed by atoms with Gasteiger partial charge in [0.05, 0.1) is 17.8 Å². The van der Waals surface area contributed by atoms with Crippen molar-refractivity contribution < 1.29 is 18.3 Å². The Hall–Kier alpha value is -2.39. The summed E-state index contributed by atoms with van der Waals surface area (Å²) >= 11 is 0. The van der Waals surface area contributed by atoms with Gasteiger partial charge in [-0.3, -0.25) is 9.58 Å². The molecule has 4 rings (SSSR count). The summed E-state index contributed by atoms with van der Waals surface area (Å²) in [6.45, 7) is 8.93. The van der Waals surface area contributed by atoms with Crippen molar-refractivity contribution >= 4 is 11.0 Å². The molecule has 0 amide bonds. The van der Waals surface area contributed by atoms with Gasteiger partial charge in [-0.2, -0.15) is 18.3 Å². The number of alkyl halides is 3. The van der Waals surface area contributed by atoms with E-state index in [9.17, 15) is 18.3 Å². The minimum Gasteiger partial charge on any atom is -0.388 e. The van der Waals surface area contributed by atoms with Crippen molar-refractivity contribution in [1.82, 2.24) is 24.2 Å². The van der Waals surface area contributed by atoms with Gasteiger partial charge in [0.25, 0.3) is 0 Å². The van der Waals surface area contributed by atoms with Crippen LogP contribution in [0.5, 0.6) is 0 Å². The third-order valence-electron chi connectivity index (χ3n) is 6.53. The SMILES string of the molecule is CCCn1nc(C)c(CN2CCC(O)(Cn3c(C(F)(F)F)cc4cccnc43)CC2)c1C. The summed E-state index contributed by atoms with van der Waals surface area (Å²) in [7, 11) is 0. The largest absolute Gasteiger partial charge is 0.431 e. The second-order valence-electron chi connectivity index (χ2n) is 8.90. The lowest BCUT2D eigenvalue weighted by Crippen LogP contribution is -2.47. The molecule has 9 heteroatoms. The highest BCUT2D eigenvalue weighted by Gasteiger charge is 2.39. The van der Waals surface area contributed by atoms with E-state index in [2.05, 4.69) is 28.8 Å². The van der Waals surface area contributed by atoms with E-state index in [1.165, 1.54) is 11.8 Å². The summed E-state index contributed by atoms with van der Waals surface area (Å²) in [4.78, 5) is 6.40. The highest BCUT2D eigenvalue weighted by atomic mass is 19.4. The third kappa shape index (κ3) is 4.41. The van der Waals surface area contributed by atoms with Gasteiger partial charge in [0.15, 0.2) is 0 Å². The van der Waals surface area contributed by atoms with Gasteiger partial charge in [-0.25, -0.2) is 4.98 Å². The molecule has 0 saturated carbocycles. The molecule has 0 aromatic carbocycles. The standard InChI is InChI=1S/C23H30F3N5O/c1-4-10-31-17(3)19(16(2)28-31)14-29-11-7-22(32,8-12-29)15-30-20(23(24,25)26)13-18-6-5-9-27-21(18)30/h5-6,9,13,32H,4,7-8,10-12,14-15H2,1-3H3. The van der Waals surface area contributed by atoms with Gasteiger partial charge >= 0.3 is 6.18 Å². The molecule has 0 atom stereocenters. The van der Waals surface area contributed by atoms with Crippen molar-refractivity contribution in [1.29, 1.82) is 0 Å². The van der Waals surface area contributed by atoms with Crippen LogP contribution in [-0.2, 0) is 25.8 Å². The van der Waals surface area contributed by atoms with Crippen molar-refractivity contribution in [2.45, 2.75) is 71.4 Å². The molecule has 3 aromatic rings. The maximum atomic E-state index is 13.7. The Bertz CT molecular complexity index is 1090. The smallest absolute Gasteiger partial charge is 0.388 e. The number of aromatic nitrogens is 4. The van der Waals surface area contributed by atoms with Crippen LogP contribution in [-0.4, -0.2) is 48.0 Å². The van der Waals surface area contributed by atoms with Crippen molar-refractivity contribution in [3.8, 4) is 0 Å². The number of piperidine rings is 1. The van der Waals surface area contributed by atoms with Gasteiger partial charge in [-0.1, -0.05) is 6.92 Å². The maximum absolute atomic E-state index is 13.7. The first-order valence-electron chi connectivity index (χ1n) is 11.1. The van der Waals surface area contributed by atoms with Crippen LogP contribution in [0.3, 0.4) is 0 Å². The van der Waals surface area contributed by atoms with Crippen LogP contribution in [0.1, 0.15) is 48.8 Å². The minimum absolute atomic E-state index is 0.122.